The van der Waals surface area contributed by atoms with Gasteiger partial charge in [0.05, 0.1) is 0 Å². The van der Waals surface area contributed by atoms with Crippen LogP contribution in [0, 0.1) is 12.3 Å². The number of rotatable bonds is 3. The molecule has 2 nitrogen and oxygen atoms in total. The molecule has 1 atom stereocenters. The maximum atomic E-state index is 11.9. The predicted molar refractivity (Wildman–Crippen MR) is 87.5 cm³/mol. The molecule has 108 valence electrons. The Bertz CT molecular complexity index is 534. The van der Waals surface area contributed by atoms with Crippen molar-refractivity contribution in [2.24, 2.45) is 5.41 Å². The SMILES string of the molecule is Cc1ccc(/C=C/C(=O)NC2CCC(C)(C)C2)c(Br)c1. The first-order valence-corrected chi connectivity index (χ1v) is 7.90. The second-order valence-electron chi connectivity index (χ2n) is 6.47. The van der Waals surface area contributed by atoms with Crippen LogP contribution in [-0.4, -0.2) is 11.9 Å². The fraction of sp³-hybridized carbons (Fsp3) is 0.471. The van der Waals surface area contributed by atoms with E-state index < -0.39 is 0 Å². The molecule has 0 saturated heterocycles. The maximum Gasteiger partial charge on any atom is 0.244 e. The van der Waals surface area contributed by atoms with E-state index in [2.05, 4.69) is 41.2 Å². The highest BCUT2D eigenvalue weighted by molar-refractivity contribution is 9.10. The summed E-state index contributed by atoms with van der Waals surface area (Å²) >= 11 is 3.52. The molecule has 1 saturated carbocycles. The smallest absolute Gasteiger partial charge is 0.244 e. The Morgan fingerprint density at radius 1 is 1.45 bits per heavy atom. The van der Waals surface area contributed by atoms with Gasteiger partial charge in [0.15, 0.2) is 0 Å². The fourth-order valence-electron chi connectivity index (χ4n) is 2.74. The summed E-state index contributed by atoms with van der Waals surface area (Å²) in [6.45, 7) is 6.57. The number of aryl methyl sites for hydroxylation is 1. The average molecular weight is 336 g/mol. The van der Waals surface area contributed by atoms with Crippen LogP contribution in [0.4, 0.5) is 0 Å². The van der Waals surface area contributed by atoms with Gasteiger partial charge >= 0.3 is 0 Å². The third-order valence-electron chi connectivity index (χ3n) is 3.89. The molecule has 20 heavy (non-hydrogen) atoms. The summed E-state index contributed by atoms with van der Waals surface area (Å²) in [4.78, 5) is 11.9. The lowest BCUT2D eigenvalue weighted by atomic mass is 9.92. The number of carbonyl (C=O) groups is 1. The van der Waals surface area contributed by atoms with Crippen molar-refractivity contribution >= 4 is 27.9 Å². The number of halogens is 1. The minimum Gasteiger partial charge on any atom is -0.350 e. The first-order valence-electron chi connectivity index (χ1n) is 7.10. The topological polar surface area (TPSA) is 29.1 Å². The van der Waals surface area contributed by atoms with Gasteiger partial charge in [0.2, 0.25) is 5.91 Å². The zero-order chi connectivity index (χ0) is 14.8. The molecule has 0 heterocycles. The monoisotopic (exact) mass is 335 g/mol. The van der Waals surface area contributed by atoms with Crippen molar-refractivity contribution in [3.05, 3.63) is 39.9 Å². The van der Waals surface area contributed by atoms with E-state index in [-0.39, 0.29) is 5.91 Å². The van der Waals surface area contributed by atoms with E-state index in [1.807, 2.05) is 25.1 Å². The van der Waals surface area contributed by atoms with Crippen LogP contribution in [0.15, 0.2) is 28.7 Å². The summed E-state index contributed by atoms with van der Waals surface area (Å²) in [6, 6.07) is 6.43. The molecule has 1 amide bonds. The molecular weight excluding hydrogens is 314 g/mol. The molecular formula is C17H22BrNO. The first-order chi connectivity index (χ1) is 9.35. The molecule has 1 aliphatic rings. The summed E-state index contributed by atoms with van der Waals surface area (Å²) in [5.74, 6) is 0.000162. The molecule has 2 rings (SSSR count). The van der Waals surface area contributed by atoms with Crippen LogP contribution >= 0.6 is 15.9 Å². The second-order valence-corrected chi connectivity index (χ2v) is 7.33. The summed E-state index contributed by atoms with van der Waals surface area (Å²) in [6.07, 6.45) is 6.83. The molecule has 0 spiro atoms. The summed E-state index contributed by atoms with van der Waals surface area (Å²) < 4.78 is 1.02. The first kappa shape index (κ1) is 15.3. The zero-order valence-corrected chi connectivity index (χ0v) is 14.0. The van der Waals surface area contributed by atoms with Gasteiger partial charge < -0.3 is 5.32 Å². The molecule has 1 aromatic rings. The maximum absolute atomic E-state index is 11.9. The van der Waals surface area contributed by atoms with Crippen molar-refractivity contribution in [2.75, 3.05) is 0 Å². The Labute approximate surface area is 129 Å². The van der Waals surface area contributed by atoms with Gasteiger partial charge in [-0.3, -0.25) is 4.79 Å². The summed E-state index contributed by atoms with van der Waals surface area (Å²) in [5.41, 5.74) is 2.59. The third kappa shape index (κ3) is 4.20. The molecule has 1 unspecified atom stereocenters. The van der Waals surface area contributed by atoms with Crippen LogP contribution in [0.3, 0.4) is 0 Å². The van der Waals surface area contributed by atoms with E-state index in [1.165, 1.54) is 12.0 Å². The summed E-state index contributed by atoms with van der Waals surface area (Å²) in [5, 5.41) is 3.09. The number of nitrogens with one attached hydrogen (secondary N) is 1. The van der Waals surface area contributed by atoms with Gasteiger partial charge in [-0.2, -0.15) is 0 Å². The van der Waals surface area contributed by atoms with Crippen LogP contribution < -0.4 is 5.32 Å². The van der Waals surface area contributed by atoms with Crippen molar-refractivity contribution in [1.82, 2.24) is 5.32 Å². The van der Waals surface area contributed by atoms with E-state index in [4.69, 9.17) is 0 Å². The molecule has 1 fully saturated rings. The third-order valence-corrected chi connectivity index (χ3v) is 4.57. The quantitative estimate of drug-likeness (QED) is 0.811. The number of benzene rings is 1. The fourth-order valence-corrected chi connectivity index (χ4v) is 3.37. The van der Waals surface area contributed by atoms with E-state index in [9.17, 15) is 4.79 Å². The van der Waals surface area contributed by atoms with Crippen LogP contribution in [0.1, 0.15) is 44.2 Å². The molecule has 3 heteroatoms. The van der Waals surface area contributed by atoms with Gasteiger partial charge in [-0.25, -0.2) is 0 Å². The van der Waals surface area contributed by atoms with Crippen LogP contribution in [0.2, 0.25) is 0 Å². The van der Waals surface area contributed by atoms with Crippen molar-refractivity contribution in [1.29, 1.82) is 0 Å². The molecule has 1 aliphatic carbocycles. The molecule has 1 aromatic carbocycles. The van der Waals surface area contributed by atoms with Gasteiger partial charge in [-0.05, 0) is 54.9 Å². The molecule has 1 N–H and O–H groups in total. The number of amides is 1. The normalized spacial score (nSPS) is 21.3. The molecule has 0 aliphatic heterocycles. The molecule has 0 bridgehead atoms. The van der Waals surface area contributed by atoms with Gasteiger partial charge in [-0.15, -0.1) is 0 Å². The highest BCUT2D eigenvalue weighted by Gasteiger charge is 2.31. The lowest BCUT2D eigenvalue weighted by Crippen LogP contribution is -2.32. The van der Waals surface area contributed by atoms with Gasteiger partial charge in [-0.1, -0.05) is 41.9 Å². The minimum atomic E-state index is 0.000162. The Kier molecular flexibility index (Phi) is 4.69. The lowest BCUT2D eigenvalue weighted by Gasteiger charge is -2.17. The van der Waals surface area contributed by atoms with Crippen molar-refractivity contribution in [2.45, 2.75) is 46.1 Å². The summed E-state index contributed by atoms with van der Waals surface area (Å²) in [7, 11) is 0. The molecule has 0 radical (unpaired) electrons. The largest absolute Gasteiger partial charge is 0.350 e. The predicted octanol–water partition coefficient (Wildman–Crippen LogP) is 4.47. The van der Waals surface area contributed by atoms with Crippen LogP contribution in [-0.2, 0) is 4.79 Å². The van der Waals surface area contributed by atoms with Crippen LogP contribution in [0.5, 0.6) is 0 Å². The zero-order valence-electron chi connectivity index (χ0n) is 12.4. The van der Waals surface area contributed by atoms with Crippen molar-refractivity contribution < 1.29 is 4.79 Å². The van der Waals surface area contributed by atoms with Crippen LogP contribution in [0.25, 0.3) is 6.08 Å². The average Bonchev–Trinajstić information content (AvgIpc) is 2.67. The Balaban J connectivity index is 1.93. The van der Waals surface area contributed by atoms with E-state index in [0.29, 0.717) is 11.5 Å². The van der Waals surface area contributed by atoms with E-state index in [1.54, 1.807) is 6.08 Å². The number of hydrogen-bond acceptors (Lipinski definition) is 1. The Hall–Kier alpha value is -1.09. The lowest BCUT2D eigenvalue weighted by molar-refractivity contribution is -0.117. The van der Waals surface area contributed by atoms with Gasteiger partial charge in [0.1, 0.15) is 0 Å². The Morgan fingerprint density at radius 2 is 2.20 bits per heavy atom. The highest BCUT2D eigenvalue weighted by atomic mass is 79.9. The second kappa shape index (κ2) is 6.13. The Morgan fingerprint density at radius 3 is 2.80 bits per heavy atom. The van der Waals surface area contributed by atoms with E-state index >= 15 is 0 Å². The minimum absolute atomic E-state index is 0.000162. The highest BCUT2D eigenvalue weighted by Crippen LogP contribution is 2.36. The van der Waals surface area contributed by atoms with Crippen molar-refractivity contribution in [3.8, 4) is 0 Å². The standard InChI is InChI=1S/C17H22BrNO/c1-12-4-5-13(15(18)10-12)6-7-16(20)19-14-8-9-17(2,3)11-14/h4-7,10,14H,8-9,11H2,1-3H3,(H,19,20)/b7-6+. The van der Waals surface area contributed by atoms with Gasteiger partial charge in [0.25, 0.3) is 0 Å². The van der Waals surface area contributed by atoms with Crippen molar-refractivity contribution in [3.63, 3.8) is 0 Å². The van der Waals surface area contributed by atoms with Gasteiger partial charge in [0, 0.05) is 16.6 Å². The molecule has 0 aromatic heterocycles. The van der Waals surface area contributed by atoms with E-state index in [0.717, 1.165) is 22.9 Å². The number of carbonyl (C=O) groups excluding carboxylic acids is 1. The number of hydrogen-bond donors (Lipinski definition) is 1.